The Morgan fingerprint density at radius 1 is 1.53 bits per heavy atom. The van der Waals surface area contributed by atoms with Crippen LogP contribution < -0.4 is 4.74 Å². The van der Waals surface area contributed by atoms with Crippen LogP contribution in [0.25, 0.3) is 0 Å². The second-order valence-electron chi connectivity index (χ2n) is 3.55. The molecule has 0 fully saturated rings. The summed E-state index contributed by atoms with van der Waals surface area (Å²) in [7, 11) is 1.60. The molecule has 0 spiro atoms. The van der Waals surface area contributed by atoms with E-state index in [9.17, 15) is 5.11 Å². The number of aliphatic hydroxyl groups is 1. The van der Waals surface area contributed by atoms with E-state index in [0.29, 0.717) is 12.2 Å². The van der Waals surface area contributed by atoms with Crippen LogP contribution in [0.4, 0.5) is 0 Å². The minimum atomic E-state index is -0.722. The number of ether oxygens (including phenoxy) is 1. The molecule has 0 bridgehead atoms. The molecule has 17 heavy (non-hydrogen) atoms. The van der Waals surface area contributed by atoms with Crippen LogP contribution in [0.5, 0.6) is 5.75 Å². The van der Waals surface area contributed by atoms with Gasteiger partial charge in [-0.3, -0.25) is 5.10 Å². The molecule has 2 N–H and O–H groups in total. The number of H-pyrrole nitrogens is 1. The van der Waals surface area contributed by atoms with Gasteiger partial charge in [0.25, 0.3) is 0 Å². The smallest absolute Gasteiger partial charge is 0.153 e. The predicted octanol–water partition coefficient (Wildman–Crippen LogP) is 1.85. The molecule has 1 aromatic carbocycles. The van der Waals surface area contributed by atoms with Crippen molar-refractivity contribution in [1.29, 1.82) is 0 Å². The Balaban J connectivity index is 2.20. The lowest BCUT2D eigenvalue weighted by Gasteiger charge is -2.11. The topological polar surface area (TPSA) is 71.0 Å². The second-order valence-corrected chi connectivity index (χ2v) is 4.46. The summed E-state index contributed by atoms with van der Waals surface area (Å²) in [5.74, 6) is 1.19. The van der Waals surface area contributed by atoms with Gasteiger partial charge in [0.15, 0.2) is 5.82 Å². The summed E-state index contributed by atoms with van der Waals surface area (Å²) >= 11 is 3.39. The maximum Gasteiger partial charge on any atom is 0.153 e. The van der Waals surface area contributed by atoms with E-state index in [1.807, 2.05) is 18.2 Å². The van der Waals surface area contributed by atoms with Gasteiger partial charge in [0.2, 0.25) is 0 Å². The number of rotatable bonds is 4. The molecule has 6 heteroatoms. The maximum atomic E-state index is 9.97. The van der Waals surface area contributed by atoms with Crippen molar-refractivity contribution >= 4 is 15.9 Å². The Morgan fingerprint density at radius 2 is 2.35 bits per heavy atom. The average molecular weight is 298 g/mol. The molecule has 2 aromatic rings. The molecule has 0 saturated heterocycles. The monoisotopic (exact) mass is 297 g/mol. The Hall–Kier alpha value is -1.40. The summed E-state index contributed by atoms with van der Waals surface area (Å²) in [5, 5.41) is 16.3. The van der Waals surface area contributed by atoms with Gasteiger partial charge in [0.05, 0.1) is 7.11 Å². The highest BCUT2D eigenvalue weighted by Crippen LogP contribution is 2.26. The number of nitrogens with one attached hydrogen (secondary N) is 1. The SMILES string of the molecule is COc1ccc(Br)cc1CC(O)c1ncn[nH]1. The number of methoxy groups -OCH3 is 1. The third-order valence-electron chi connectivity index (χ3n) is 2.40. The molecule has 1 unspecified atom stereocenters. The summed E-state index contributed by atoms with van der Waals surface area (Å²) in [6.07, 6.45) is 1.06. The van der Waals surface area contributed by atoms with Crippen LogP contribution in [0.2, 0.25) is 0 Å². The van der Waals surface area contributed by atoms with Crippen molar-refractivity contribution in [1.82, 2.24) is 15.2 Å². The van der Waals surface area contributed by atoms with Gasteiger partial charge < -0.3 is 9.84 Å². The molecule has 0 radical (unpaired) electrons. The molecule has 2 rings (SSSR count). The summed E-state index contributed by atoms with van der Waals surface area (Å²) in [6.45, 7) is 0. The number of aromatic amines is 1. The van der Waals surface area contributed by atoms with Crippen molar-refractivity contribution in [2.24, 2.45) is 0 Å². The van der Waals surface area contributed by atoms with Crippen LogP contribution >= 0.6 is 15.9 Å². The predicted molar refractivity (Wildman–Crippen MR) is 65.7 cm³/mol. The third kappa shape index (κ3) is 2.83. The lowest BCUT2D eigenvalue weighted by Crippen LogP contribution is -2.05. The van der Waals surface area contributed by atoms with Crippen molar-refractivity contribution in [2.45, 2.75) is 12.5 Å². The molecule has 1 heterocycles. The Kier molecular flexibility index (Phi) is 3.75. The van der Waals surface area contributed by atoms with E-state index in [4.69, 9.17) is 4.74 Å². The minimum absolute atomic E-state index is 0.414. The Bertz CT molecular complexity index is 487. The van der Waals surface area contributed by atoms with Gasteiger partial charge >= 0.3 is 0 Å². The van der Waals surface area contributed by atoms with Gasteiger partial charge in [-0.2, -0.15) is 5.10 Å². The molecule has 0 saturated carbocycles. The van der Waals surface area contributed by atoms with Gasteiger partial charge in [-0.1, -0.05) is 15.9 Å². The van der Waals surface area contributed by atoms with Gasteiger partial charge in [0, 0.05) is 10.9 Å². The molecule has 0 aliphatic rings. The summed E-state index contributed by atoms with van der Waals surface area (Å²) in [4.78, 5) is 3.92. The molecular formula is C11H12BrN3O2. The number of nitrogens with zero attached hydrogens (tertiary/aromatic N) is 2. The summed E-state index contributed by atoms with van der Waals surface area (Å²) in [6, 6.07) is 5.66. The van der Waals surface area contributed by atoms with E-state index < -0.39 is 6.10 Å². The lowest BCUT2D eigenvalue weighted by atomic mass is 10.1. The van der Waals surface area contributed by atoms with Crippen LogP contribution in [0.15, 0.2) is 29.0 Å². The van der Waals surface area contributed by atoms with E-state index >= 15 is 0 Å². The fourth-order valence-electron chi connectivity index (χ4n) is 1.59. The zero-order valence-electron chi connectivity index (χ0n) is 9.22. The first-order chi connectivity index (χ1) is 8.20. The fourth-order valence-corrected chi connectivity index (χ4v) is 2.00. The van der Waals surface area contributed by atoms with Crippen molar-refractivity contribution in [2.75, 3.05) is 7.11 Å². The van der Waals surface area contributed by atoms with Crippen molar-refractivity contribution in [3.05, 3.63) is 40.4 Å². The van der Waals surface area contributed by atoms with E-state index in [1.165, 1.54) is 6.33 Å². The highest BCUT2D eigenvalue weighted by Gasteiger charge is 2.14. The average Bonchev–Trinajstić information content (AvgIpc) is 2.83. The summed E-state index contributed by atoms with van der Waals surface area (Å²) < 4.78 is 6.18. The standard InChI is InChI=1S/C11H12BrN3O2/c1-17-10-3-2-8(12)4-7(10)5-9(16)11-13-6-14-15-11/h2-4,6,9,16H,5H2,1H3,(H,13,14,15). The number of hydrogen-bond acceptors (Lipinski definition) is 4. The van der Waals surface area contributed by atoms with Crippen molar-refractivity contribution in [3.8, 4) is 5.75 Å². The van der Waals surface area contributed by atoms with E-state index in [1.54, 1.807) is 7.11 Å². The molecule has 0 aliphatic heterocycles. The molecule has 0 aliphatic carbocycles. The summed E-state index contributed by atoms with van der Waals surface area (Å²) in [5.41, 5.74) is 0.908. The second kappa shape index (κ2) is 5.29. The molecule has 1 atom stereocenters. The van der Waals surface area contributed by atoms with Crippen LogP contribution in [0.3, 0.4) is 0 Å². The first-order valence-corrected chi connectivity index (χ1v) is 5.85. The van der Waals surface area contributed by atoms with Crippen LogP contribution in [-0.4, -0.2) is 27.4 Å². The van der Waals surface area contributed by atoms with Crippen LogP contribution in [0.1, 0.15) is 17.5 Å². The molecule has 1 aromatic heterocycles. The van der Waals surface area contributed by atoms with Gasteiger partial charge in [-0.05, 0) is 23.8 Å². The fraction of sp³-hybridized carbons (Fsp3) is 0.273. The highest BCUT2D eigenvalue weighted by atomic mass is 79.9. The van der Waals surface area contributed by atoms with Gasteiger partial charge in [-0.15, -0.1) is 0 Å². The van der Waals surface area contributed by atoms with Gasteiger partial charge in [0.1, 0.15) is 18.2 Å². The molecule has 5 nitrogen and oxygen atoms in total. The molecular weight excluding hydrogens is 286 g/mol. The number of halogens is 1. The number of aliphatic hydroxyl groups excluding tert-OH is 1. The Morgan fingerprint density at radius 3 is 3.00 bits per heavy atom. The van der Waals surface area contributed by atoms with Crippen molar-refractivity contribution < 1.29 is 9.84 Å². The van der Waals surface area contributed by atoms with E-state index in [0.717, 1.165) is 15.8 Å². The van der Waals surface area contributed by atoms with E-state index in [2.05, 4.69) is 31.1 Å². The van der Waals surface area contributed by atoms with Crippen LogP contribution in [-0.2, 0) is 6.42 Å². The zero-order chi connectivity index (χ0) is 12.3. The largest absolute Gasteiger partial charge is 0.496 e. The zero-order valence-corrected chi connectivity index (χ0v) is 10.8. The number of benzene rings is 1. The normalized spacial score (nSPS) is 12.4. The third-order valence-corrected chi connectivity index (χ3v) is 2.90. The minimum Gasteiger partial charge on any atom is -0.496 e. The van der Waals surface area contributed by atoms with Gasteiger partial charge in [-0.25, -0.2) is 4.98 Å². The lowest BCUT2D eigenvalue weighted by molar-refractivity contribution is 0.167. The maximum absolute atomic E-state index is 9.97. The highest BCUT2D eigenvalue weighted by molar-refractivity contribution is 9.10. The van der Waals surface area contributed by atoms with E-state index in [-0.39, 0.29) is 0 Å². The molecule has 90 valence electrons. The molecule has 0 amide bonds. The Labute approximate surface area is 107 Å². The quantitative estimate of drug-likeness (QED) is 0.903. The van der Waals surface area contributed by atoms with Crippen molar-refractivity contribution in [3.63, 3.8) is 0 Å². The number of aromatic nitrogens is 3. The number of hydrogen-bond donors (Lipinski definition) is 2. The first kappa shape index (κ1) is 12.1. The van der Waals surface area contributed by atoms with Crippen LogP contribution in [0, 0.1) is 0 Å². The first-order valence-electron chi connectivity index (χ1n) is 5.06.